The lowest BCUT2D eigenvalue weighted by molar-refractivity contribution is -0.137. The number of thiazole rings is 1. The standard InChI is InChI=1S/C12H18N2O3S/c1-16-6-7-17-9-11(15)14-5-2-3-10(14)12-13-4-8-18-12/h4,8,10H,2-3,5-7,9H2,1H3/t10-/m1/s1. The fourth-order valence-corrected chi connectivity index (χ4v) is 2.89. The summed E-state index contributed by atoms with van der Waals surface area (Å²) in [6.45, 7) is 1.91. The SMILES string of the molecule is COCCOCC(=O)N1CCC[C@@H]1c1nccs1. The van der Waals surface area contributed by atoms with E-state index in [2.05, 4.69) is 4.98 Å². The lowest BCUT2D eigenvalue weighted by Gasteiger charge is -2.22. The molecule has 6 heteroatoms. The number of likely N-dealkylation sites (tertiary alicyclic amines) is 1. The predicted octanol–water partition coefficient (Wildman–Crippen LogP) is 1.47. The lowest BCUT2D eigenvalue weighted by Crippen LogP contribution is -2.33. The Bertz CT molecular complexity index is 369. The van der Waals surface area contributed by atoms with Crippen LogP contribution in [0.15, 0.2) is 11.6 Å². The van der Waals surface area contributed by atoms with E-state index in [4.69, 9.17) is 9.47 Å². The summed E-state index contributed by atoms with van der Waals surface area (Å²) in [5.74, 6) is 0.0452. The number of aromatic nitrogens is 1. The molecule has 1 saturated heterocycles. The predicted molar refractivity (Wildman–Crippen MR) is 68.5 cm³/mol. The van der Waals surface area contributed by atoms with Crippen LogP contribution in [0.1, 0.15) is 23.9 Å². The zero-order valence-corrected chi connectivity index (χ0v) is 11.3. The molecule has 0 aliphatic carbocycles. The fraction of sp³-hybridized carbons (Fsp3) is 0.667. The smallest absolute Gasteiger partial charge is 0.249 e. The van der Waals surface area contributed by atoms with Crippen molar-refractivity contribution in [3.05, 3.63) is 16.6 Å². The molecule has 100 valence electrons. The zero-order chi connectivity index (χ0) is 12.8. The molecular weight excluding hydrogens is 252 g/mol. The summed E-state index contributed by atoms with van der Waals surface area (Å²) < 4.78 is 10.2. The highest BCUT2D eigenvalue weighted by molar-refractivity contribution is 7.09. The molecule has 0 N–H and O–H groups in total. The minimum Gasteiger partial charge on any atom is -0.382 e. The molecule has 5 nitrogen and oxygen atoms in total. The summed E-state index contributed by atoms with van der Waals surface area (Å²) in [5.41, 5.74) is 0. The minimum absolute atomic E-state index is 0.0452. The van der Waals surface area contributed by atoms with Gasteiger partial charge in [0.15, 0.2) is 0 Å². The number of hydrogen-bond acceptors (Lipinski definition) is 5. The average Bonchev–Trinajstić information content (AvgIpc) is 3.02. The first-order chi connectivity index (χ1) is 8.83. The van der Waals surface area contributed by atoms with Crippen LogP contribution in [-0.2, 0) is 14.3 Å². The average molecular weight is 270 g/mol. The van der Waals surface area contributed by atoms with Crippen LogP contribution in [0.2, 0.25) is 0 Å². The molecule has 1 atom stereocenters. The molecule has 1 aliphatic rings. The van der Waals surface area contributed by atoms with Gasteiger partial charge in [0, 0.05) is 25.2 Å². The summed E-state index contributed by atoms with van der Waals surface area (Å²) in [5, 5.41) is 2.98. The van der Waals surface area contributed by atoms with Gasteiger partial charge in [-0.3, -0.25) is 4.79 Å². The summed E-state index contributed by atoms with van der Waals surface area (Å²) in [6.07, 6.45) is 3.82. The van der Waals surface area contributed by atoms with Gasteiger partial charge in [0.25, 0.3) is 0 Å². The molecule has 18 heavy (non-hydrogen) atoms. The van der Waals surface area contributed by atoms with Crippen LogP contribution in [0.25, 0.3) is 0 Å². The van der Waals surface area contributed by atoms with Crippen LogP contribution < -0.4 is 0 Å². The summed E-state index contributed by atoms with van der Waals surface area (Å²) in [4.78, 5) is 18.2. The molecule has 1 aliphatic heterocycles. The normalized spacial score (nSPS) is 19.4. The number of nitrogens with zero attached hydrogens (tertiary/aromatic N) is 2. The third-order valence-electron chi connectivity index (χ3n) is 2.97. The maximum Gasteiger partial charge on any atom is 0.249 e. The monoisotopic (exact) mass is 270 g/mol. The highest BCUT2D eigenvalue weighted by Gasteiger charge is 2.31. The number of carbonyl (C=O) groups is 1. The van der Waals surface area contributed by atoms with E-state index in [-0.39, 0.29) is 18.6 Å². The van der Waals surface area contributed by atoms with Crippen molar-refractivity contribution in [1.82, 2.24) is 9.88 Å². The van der Waals surface area contributed by atoms with Gasteiger partial charge >= 0.3 is 0 Å². The van der Waals surface area contributed by atoms with Crippen molar-refractivity contribution in [3.63, 3.8) is 0 Å². The van der Waals surface area contributed by atoms with Gasteiger partial charge in [0.2, 0.25) is 5.91 Å². The highest BCUT2D eigenvalue weighted by atomic mass is 32.1. The van der Waals surface area contributed by atoms with Gasteiger partial charge in [-0.2, -0.15) is 0 Å². The number of hydrogen-bond donors (Lipinski definition) is 0. The number of carbonyl (C=O) groups excluding carboxylic acids is 1. The van der Waals surface area contributed by atoms with Crippen molar-refractivity contribution in [1.29, 1.82) is 0 Å². The Balaban J connectivity index is 1.85. The van der Waals surface area contributed by atoms with E-state index in [1.165, 1.54) is 0 Å². The highest BCUT2D eigenvalue weighted by Crippen LogP contribution is 2.32. The molecule has 2 heterocycles. The van der Waals surface area contributed by atoms with Crippen LogP contribution >= 0.6 is 11.3 Å². The molecule has 0 saturated carbocycles. The second-order valence-electron chi connectivity index (χ2n) is 4.16. The topological polar surface area (TPSA) is 51.7 Å². The molecular formula is C12H18N2O3S. The number of methoxy groups -OCH3 is 1. The van der Waals surface area contributed by atoms with Gasteiger partial charge in [-0.05, 0) is 12.8 Å². The lowest BCUT2D eigenvalue weighted by atomic mass is 10.2. The van der Waals surface area contributed by atoms with E-state index in [9.17, 15) is 4.79 Å². The summed E-state index contributed by atoms with van der Waals surface area (Å²) in [7, 11) is 1.62. The van der Waals surface area contributed by atoms with Crippen molar-refractivity contribution in [2.24, 2.45) is 0 Å². The Labute approximate surface area is 111 Å². The van der Waals surface area contributed by atoms with Crippen LogP contribution in [0.3, 0.4) is 0 Å². The van der Waals surface area contributed by atoms with Crippen molar-refractivity contribution >= 4 is 17.2 Å². The van der Waals surface area contributed by atoms with Crippen molar-refractivity contribution in [2.75, 3.05) is 33.5 Å². The van der Waals surface area contributed by atoms with Gasteiger partial charge in [-0.15, -0.1) is 11.3 Å². The first kappa shape index (κ1) is 13.5. The maximum absolute atomic E-state index is 12.1. The van der Waals surface area contributed by atoms with Crippen LogP contribution in [0, 0.1) is 0 Å². The molecule has 1 amide bonds. The van der Waals surface area contributed by atoms with Gasteiger partial charge < -0.3 is 14.4 Å². The fourth-order valence-electron chi connectivity index (χ4n) is 2.11. The maximum atomic E-state index is 12.1. The molecule has 0 aromatic carbocycles. The second-order valence-corrected chi connectivity index (χ2v) is 5.09. The van der Waals surface area contributed by atoms with Crippen molar-refractivity contribution in [3.8, 4) is 0 Å². The van der Waals surface area contributed by atoms with Gasteiger partial charge in [0.05, 0.1) is 19.3 Å². The second kappa shape index (κ2) is 6.82. The molecule has 0 spiro atoms. The van der Waals surface area contributed by atoms with Crippen LogP contribution in [-0.4, -0.2) is 49.3 Å². The number of rotatable bonds is 6. The van der Waals surface area contributed by atoms with E-state index in [0.717, 1.165) is 24.4 Å². The molecule has 0 radical (unpaired) electrons. The van der Waals surface area contributed by atoms with E-state index < -0.39 is 0 Å². The first-order valence-electron chi connectivity index (χ1n) is 6.08. The van der Waals surface area contributed by atoms with Gasteiger partial charge in [-0.1, -0.05) is 0 Å². The zero-order valence-electron chi connectivity index (χ0n) is 10.5. The van der Waals surface area contributed by atoms with Gasteiger partial charge in [-0.25, -0.2) is 4.98 Å². The molecule has 1 aromatic rings. The summed E-state index contributed by atoms with van der Waals surface area (Å²) in [6, 6.07) is 0.142. The molecule has 2 rings (SSSR count). The third-order valence-corrected chi connectivity index (χ3v) is 3.84. The molecule has 1 fully saturated rings. The summed E-state index contributed by atoms with van der Waals surface area (Å²) >= 11 is 1.61. The van der Waals surface area contributed by atoms with E-state index >= 15 is 0 Å². The molecule has 0 unspecified atom stereocenters. The van der Waals surface area contributed by atoms with Crippen molar-refractivity contribution in [2.45, 2.75) is 18.9 Å². The van der Waals surface area contributed by atoms with E-state index in [1.807, 2.05) is 10.3 Å². The third kappa shape index (κ3) is 3.28. The Morgan fingerprint density at radius 1 is 1.61 bits per heavy atom. The quantitative estimate of drug-likeness (QED) is 0.735. The number of amides is 1. The largest absolute Gasteiger partial charge is 0.382 e. The Kier molecular flexibility index (Phi) is 5.10. The Morgan fingerprint density at radius 3 is 3.22 bits per heavy atom. The van der Waals surface area contributed by atoms with Crippen molar-refractivity contribution < 1.29 is 14.3 Å². The van der Waals surface area contributed by atoms with E-state index in [1.54, 1.807) is 24.6 Å². The Morgan fingerprint density at radius 2 is 2.50 bits per heavy atom. The van der Waals surface area contributed by atoms with Gasteiger partial charge in [0.1, 0.15) is 11.6 Å². The molecule has 1 aromatic heterocycles. The molecule has 0 bridgehead atoms. The first-order valence-corrected chi connectivity index (χ1v) is 6.96. The minimum atomic E-state index is 0.0452. The van der Waals surface area contributed by atoms with Crippen LogP contribution in [0.4, 0.5) is 0 Å². The Hall–Kier alpha value is -0.980. The number of ether oxygens (including phenoxy) is 2. The van der Waals surface area contributed by atoms with Crippen LogP contribution in [0.5, 0.6) is 0 Å². The van der Waals surface area contributed by atoms with E-state index in [0.29, 0.717) is 13.2 Å².